The standard InChI is InChI=1S/C38H51N5O2/c1-28-29(2)42(33-14-7-5-8-15-33)37(44)35(28)26-40-22-18-31(19-23-40)12-11-13-32-20-24-41(25-21-32)27-36-30(3)39(4)43(38(36)45)34-16-9-6-10-17-34/h5-10,14-17,29,31-32H,11-13,18-27H2,1-4H3. The van der Waals surface area contributed by atoms with Crippen molar-refractivity contribution < 1.29 is 4.79 Å². The Hall–Kier alpha value is -3.42. The first-order chi connectivity index (χ1) is 21.8. The smallest absolute Gasteiger partial charge is 0.276 e. The molecular weight excluding hydrogens is 558 g/mol. The molecule has 6 rings (SSSR count). The van der Waals surface area contributed by atoms with Gasteiger partial charge in [-0.05, 0) is 114 Å². The number of aromatic nitrogens is 2. The molecule has 3 aromatic rings. The van der Waals surface area contributed by atoms with Gasteiger partial charge in [0.05, 0.1) is 17.3 Å². The van der Waals surface area contributed by atoms with Gasteiger partial charge in [-0.15, -0.1) is 0 Å². The minimum Gasteiger partial charge on any atom is -0.302 e. The highest BCUT2D eigenvalue weighted by molar-refractivity contribution is 6.10. The highest BCUT2D eigenvalue weighted by Gasteiger charge is 2.36. The Morgan fingerprint density at radius 3 is 1.78 bits per heavy atom. The zero-order valence-electron chi connectivity index (χ0n) is 27.8. The molecule has 0 N–H and O–H groups in total. The lowest BCUT2D eigenvalue weighted by Gasteiger charge is -2.33. The summed E-state index contributed by atoms with van der Waals surface area (Å²) in [6, 6.07) is 20.2. The number of piperidine rings is 2. The van der Waals surface area contributed by atoms with Crippen LogP contribution in [0.2, 0.25) is 0 Å². The van der Waals surface area contributed by atoms with E-state index in [9.17, 15) is 9.59 Å². The summed E-state index contributed by atoms with van der Waals surface area (Å²) in [6.07, 6.45) is 8.93. The molecule has 0 aliphatic carbocycles. The topological polar surface area (TPSA) is 53.7 Å². The largest absolute Gasteiger partial charge is 0.302 e. The molecule has 2 fully saturated rings. The van der Waals surface area contributed by atoms with Gasteiger partial charge < -0.3 is 4.90 Å². The van der Waals surface area contributed by atoms with Gasteiger partial charge in [-0.1, -0.05) is 55.7 Å². The van der Waals surface area contributed by atoms with Crippen molar-refractivity contribution in [2.45, 2.75) is 78.3 Å². The summed E-state index contributed by atoms with van der Waals surface area (Å²) >= 11 is 0. The summed E-state index contributed by atoms with van der Waals surface area (Å²) in [5.41, 5.74) is 6.24. The van der Waals surface area contributed by atoms with Crippen LogP contribution in [0.4, 0.5) is 5.69 Å². The molecule has 1 atom stereocenters. The van der Waals surface area contributed by atoms with Crippen LogP contribution in [0, 0.1) is 18.8 Å². The number of rotatable bonds is 10. The summed E-state index contributed by atoms with van der Waals surface area (Å²) in [4.78, 5) is 33.7. The van der Waals surface area contributed by atoms with Crippen LogP contribution in [0.15, 0.2) is 76.6 Å². The van der Waals surface area contributed by atoms with Gasteiger partial charge in [0.25, 0.3) is 11.5 Å². The van der Waals surface area contributed by atoms with E-state index in [1.807, 2.05) is 77.3 Å². The second-order valence-electron chi connectivity index (χ2n) is 13.8. The normalized spacial score (nSPS) is 20.9. The Kier molecular flexibility index (Phi) is 9.76. The molecule has 7 heteroatoms. The monoisotopic (exact) mass is 609 g/mol. The summed E-state index contributed by atoms with van der Waals surface area (Å²) in [7, 11) is 1.98. The van der Waals surface area contributed by atoms with Crippen molar-refractivity contribution in [2.75, 3.05) is 37.6 Å². The number of benzene rings is 2. The van der Waals surface area contributed by atoms with E-state index in [2.05, 4.69) is 30.6 Å². The fraction of sp³-hybridized carbons (Fsp3) is 0.526. The third-order valence-corrected chi connectivity index (χ3v) is 11.1. The number of carbonyl (C=O) groups is 1. The summed E-state index contributed by atoms with van der Waals surface area (Å²) in [5.74, 6) is 1.79. The zero-order chi connectivity index (χ0) is 31.5. The first-order valence-electron chi connectivity index (χ1n) is 17.2. The van der Waals surface area contributed by atoms with Crippen LogP contribution >= 0.6 is 0 Å². The van der Waals surface area contributed by atoms with Crippen molar-refractivity contribution >= 4 is 11.6 Å². The second kappa shape index (κ2) is 13.9. The molecule has 2 saturated heterocycles. The Morgan fingerprint density at radius 2 is 1.22 bits per heavy atom. The highest BCUT2D eigenvalue weighted by atomic mass is 16.2. The molecule has 4 heterocycles. The fourth-order valence-electron chi connectivity index (χ4n) is 7.87. The maximum Gasteiger partial charge on any atom is 0.276 e. The van der Waals surface area contributed by atoms with Crippen LogP contribution in [0.25, 0.3) is 5.69 Å². The quantitative estimate of drug-likeness (QED) is 0.270. The third kappa shape index (κ3) is 6.75. The van der Waals surface area contributed by atoms with Gasteiger partial charge in [0.2, 0.25) is 0 Å². The van der Waals surface area contributed by atoms with Crippen LogP contribution in [0.5, 0.6) is 0 Å². The predicted octanol–water partition coefficient (Wildman–Crippen LogP) is 6.33. The average molecular weight is 610 g/mol. The van der Waals surface area contributed by atoms with Gasteiger partial charge >= 0.3 is 0 Å². The third-order valence-electron chi connectivity index (χ3n) is 11.1. The summed E-state index contributed by atoms with van der Waals surface area (Å²) in [5, 5.41) is 0. The Labute approximate surface area is 269 Å². The molecule has 0 saturated carbocycles. The SMILES string of the molecule is CC1=C(CN2CCC(CCCC3CCN(Cc4c(C)n(C)n(-c5ccccc5)c4=O)CC3)CC2)C(=O)N(c2ccccc2)C1C. The van der Waals surface area contributed by atoms with Crippen molar-refractivity contribution in [2.24, 2.45) is 18.9 Å². The van der Waals surface area contributed by atoms with Gasteiger partial charge in [-0.3, -0.25) is 24.1 Å². The van der Waals surface area contributed by atoms with E-state index in [0.717, 1.165) is 79.3 Å². The molecule has 3 aliphatic rings. The zero-order valence-corrected chi connectivity index (χ0v) is 27.8. The molecule has 0 bridgehead atoms. The maximum atomic E-state index is 13.4. The molecule has 1 aromatic heterocycles. The average Bonchev–Trinajstić information content (AvgIpc) is 3.41. The highest BCUT2D eigenvalue weighted by Crippen LogP contribution is 2.33. The van der Waals surface area contributed by atoms with E-state index in [0.29, 0.717) is 0 Å². The molecule has 240 valence electrons. The number of nitrogens with zero attached hydrogens (tertiary/aromatic N) is 5. The van der Waals surface area contributed by atoms with Gasteiger partial charge in [0.15, 0.2) is 0 Å². The van der Waals surface area contributed by atoms with Gasteiger partial charge in [0.1, 0.15) is 0 Å². The number of carbonyl (C=O) groups excluding carboxylic acids is 1. The molecule has 7 nitrogen and oxygen atoms in total. The number of anilines is 1. The molecule has 1 amide bonds. The van der Waals surface area contributed by atoms with Crippen molar-refractivity contribution in [3.8, 4) is 5.69 Å². The second-order valence-corrected chi connectivity index (χ2v) is 13.8. The van der Waals surface area contributed by atoms with Crippen molar-refractivity contribution in [3.63, 3.8) is 0 Å². The van der Waals surface area contributed by atoms with E-state index < -0.39 is 0 Å². The van der Waals surface area contributed by atoms with E-state index >= 15 is 0 Å². The maximum absolute atomic E-state index is 13.4. The first kappa shape index (κ1) is 31.6. The van der Waals surface area contributed by atoms with Gasteiger partial charge in [0, 0.05) is 37.1 Å². The van der Waals surface area contributed by atoms with Crippen LogP contribution in [-0.4, -0.2) is 63.8 Å². The Morgan fingerprint density at radius 1 is 0.711 bits per heavy atom. The number of para-hydroxylation sites is 2. The molecule has 3 aliphatic heterocycles. The molecule has 0 radical (unpaired) electrons. The van der Waals surface area contributed by atoms with E-state index in [1.54, 1.807) is 4.68 Å². The van der Waals surface area contributed by atoms with Crippen molar-refractivity contribution in [3.05, 3.63) is 93.4 Å². The van der Waals surface area contributed by atoms with E-state index in [4.69, 9.17) is 0 Å². The summed E-state index contributed by atoms with van der Waals surface area (Å²) < 4.78 is 3.80. The number of amides is 1. The minimum atomic E-state index is 0.111. The molecule has 45 heavy (non-hydrogen) atoms. The molecule has 0 spiro atoms. The molecular formula is C38H51N5O2. The molecule has 2 aromatic carbocycles. The number of likely N-dealkylation sites (tertiary alicyclic amines) is 2. The van der Waals surface area contributed by atoms with Gasteiger partial charge in [-0.2, -0.15) is 0 Å². The van der Waals surface area contributed by atoms with E-state index in [1.165, 1.54) is 50.5 Å². The van der Waals surface area contributed by atoms with Gasteiger partial charge in [-0.25, -0.2) is 4.68 Å². The Balaban J connectivity index is 0.913. The lowest BCUT2D eigenvalue weighted by Crippen LogP contribution is -2.38. The van der Waals surface area contributed by atoms with Crippen molar-refractivity contribution in [1.29, 1.82) is 0 Å². The van der Waals surface area contributed by atoms with Crippen LogP contribution in [0.1, 0.15) is 70.1 Å². The number of hydrogen-bond acceptors (Lipinski definition) is 4. The summed E-state index contributed by atoms with van der Waals surface area (Å²) in [6.45, 7) is 12.2. The number of hydrogen-bond donors (Lipinski definition) is 0. The lowest BCUT2D eigenvalue weighted by atomic mass is 9.86. The predicted molar refractivity (Wildman–Crippen MR) is 183 cm³/mol. The Bertz CT molecular complexity index is 1540. The fourth-order valence-corrected chi connectivity index (χ4v) is 7.87. The first-order valence-corrected chi connectivity index (χ1v) is 17.2. The lowest BCUT2D eigenvalue weighted by molar-refractivity contribution is -0.115. The van der Waals surface area contributed by atoms with Crippen molar-refractivity contribution in [1.82, 2.24) is 19.2 Å². The van der Waals surface area contributed by atoms with Crippen LogP contribution in [-0.2, 0) is 18.4 Å². The van der Waals surface area contributed by atoms with E-state index in [-0.39, 0.29) is 17.5 Å². The minimum absolute atomic E-state index is 0.111. The van der Waals surface area contributed by atoms with Crippen LogP contribution < -0.4 is 10.5 Å². The molecule has 1 unspecified atom stereocenters. The van der Waals surface area contributed by atoms with Crippen LogP contribution in [0.3, 0.4) is 0 Å².